The van der Waals surface area contributed by atoms with Crippen LogP contribution < -0.4 is 0 Å². The topological polar surface area (TPSA) is 9.23 Å². The summed E-state index contributed by atoms with van der Waals surface area (Å²) in [5.74, 6) is 0. The van der Waals surface area contributed by atoms with Crippen molar-refractivity contribution in [3.05, 3.63) is 35.4 Å². The van der Waals surface area contributed by atoms with Crippen molar-refractivity contribution in [1.29, 1.82) is 0 Å². The molecule has 0 N–H and O–H groups in total. The van der Waals surface area contributed by atoms with Crippen LogP contribution in [0.25, 0.3) is 0 Å². The molecule has 1 saturated heterocycles. The maximum atomic E-state index is 12.5. The molecule has 2 unspecified atom stereocenters. The van der Waals surface area contributed by atoms with Gasteiger partial charge in [-0.05, 0) is 37.0 Å². The lowest BCUT2D eigenvalue weighted by Crippen LogP contribution is -2.25. The molecule has 4 heteroatoms. The van der Waals surface area contributed by atoms with Gasteiger partial charge in [0.1, 0.15) is 0 Å². The molecular formula is C13H13F3O. The molecule has 0 aromatic heterocycles. The smallest absolute Gasteiger partial charge is 0.377 e. The van der Waals surface area contributed by atoms with E-state index in [1.807, 2.05) is 0 Å². The molecule has 0 amide bonds. The fourth-order valence-corrected chi connectivity index (χ4v) is 2.99. The van der Waals surface area contributed by atoms with Crippen molar-refractivity contribution in [3.8, 4) is 0 Å². The number of hydrogen-bond donors (Lipinski definition) is 0. The predicted molar refractivity (Wildman–Crippen MR) is 56.7 cm³/mol. The first-order valence-electron chi connectivity index (χ1n) is 5.79. The van der Waals surface area contributed by atoms with E-state index in [1.54, 1.807) is 12.1 Å². The average molecular weight is 242 g/mol. The summed E-state index contributed by atoms with van der Waals surface area (Å²) in [4.78, 5) is 0. The van der Waals surface area contributed by atoms with Crippen molar-refractivity contribution >= 4 is 0 Å². The number of halogens is 3. The van der Waals surface area contributed by atoms with E-state index in [0.29, 0.717) is 12.7 Å². The summed E-state index contributed by atoms with van der Waals surface area (Å²) in [7, 11) is 0. The van der Waals surface area contributed by atoms with Crippen LogP contribution in [0, 0.1) is 0 Å². The SMILES string of the molecule is FC(F)(F)c1ccc(C23CCC(C2)OC3)cc1. The van der Waals surface area contributed by atoms with E-state index in [-0.39, 0.29) is 5.41 Å². The van der Waals surface area contributed by atoms with E-state index in [0.717, 1.165) is 24.8 Å². The maximum Gasteiger partial charge on any atom is 0.416 e. The first kappa shape index (κ1) is 11.1. The van der Waals surface area contributed by atoms with Gasteiger partial charge >= 0.3 is 6.18 Å². The third kappa shape index (κ3) is 1.75. The molecule has 1 aromatic carbocycles. The molecule has 92 valence electrons. The highest BCUT2D eigenvalue weighted by Gasteiger charge is 2.47. The summed E-state index contributed by atoms with van der Waals surface area (Å²) in [6, 6.07) is 5.57. The second-order valence-electron chi connectivity index (χ2n) is 5.03. The number of benzene rings is 1. The molecule has 2 bridgehead atoms. The second kappa shape index (κ2) is 3.48. The number of hydrogen-bond acceptors (Lipinski definition) is 1. The lowest BCUT2D eigenvalue weighted by molar-refractivity contribution is -0.137. The molecule has 1 aliphatic heterocycles. The molecular weight excluding hydrogens is 229 g/mol. The van der Waals surface area contributed by atoms with Crippen LogP contribution in [0.15, 0.2) is 24.3 Å². The fraction of sp³-hybridized carbons (Fsp3) is 0.538. The van der Waals surface area contributed by atoms with Crippen LogP contribution in [-0.2, 0) is 16.3 Å². The molecule has 3 rings (SSSR count). The Kier molecular flexibility index (Phi) is 2.27. The Labute approximate surface area is 97.6 Å². The number of ether oxygens (including phenoxy) is 1. The Morgan fingerprint density at radius 3 is 2.29 bits per heavy atom. The van der Waals surface area contributed by atoms with Gasteiger partial charge in [0.25, 0.3) is 0 Å². The van der Waals surface area contributed by atoms with Crippen LogP contribution in [0.1, 0.15) is 30.4 Å². The molecule has 2 aliphatic rings. The Balaban J connectivity index is 1.90. The Bertz CT molecular complexity index is 413. The molecule has 0 radical (unpaired) electrons. The summed E-state index contributed by atoms with van der Waals surface area (Å²) in [6.07, 6.45) is -0.916. The summed E-state index contributed by atoms with van der Waals surface area (Å²) in [6.45, 7) is 0.656. The highest BCUT2D eigenvalue weighted by molar-refractivity contribution is 5.33. The minimum atomic E-state index is -4.25. The highest BCUT2D eigenvalue weighted by Crippen LogP contribution is 2.48. The monoisotopic (exact) mass is 242 g/mol. The Morgan fingerprint density at radius 1 is 1.18 bits per heavy atom. The minimum Gasteiger partial charge on any atom is -0.377 e. The zero-order valence-corrected chi connectivity index (χ0v) is 9.26. The fourth-order valence-electron chi connectivity index (χ4n) is 2.99. The van der Waals surface area contributed by atoms with Crippen molar-refractivity contribution in [2.45, 2.75) is 37.0 Å². The van der Waals surface area contributed by atoms with Gasteiger partial charge < -0.3 is 4.74 Å². The maximum absolute atomic E-state index is 12.5. The number of fused-ring (bicyclic) bond motifs is 2. The van der Waals surface area contributed by atoms with Gasteiger partial charge in [0.05, 0.1) is 18.3 Å². The Hall–Kier alpha value is -1.03. The van der Waals surface area contributed by atoms with Crippen LogP contribution >= 0.6 is 0 Å². The molecule has 1 saturated carbocycles. The van der Waals surface area contributed by atoms with Gasteiger partial charge in [-0.3, -0.25) is 0 Å². The van der Waals surface area contributed by atoms with E-state index < -0.39 is 11.7 Å². The molecule has 1 nitrogen and oxygen atoms in total. The second-order valence-corrected chi connectivity index (χ2v) is 5.03. The molecule has 1 heterocycles. The third-order valence-electron chi connectivity index (χ3n) is 3.98. The molecule has 1 aliphatic carbocycles. The van der Waals surface area contributed by atoms with E-state index in [2.05, 4.69) is 0 Å². The van der Waals surface area contributed by atoms with Gasteiger partial charge in [-0.25, -0.2) is 0 Å². The van der Waals surface area contributed by atoms with Crippen LogP contribution in [-0.4, -0.2) is 12.7 Å². The van der Waals surface area contributed by atoms with Crippen molar-refractivity contribution in [2.75, 3.05) is 6.61 Å². The van der Waals surface area contributed by atoms with E-state index in [1.165, 1.54) is 12.1 Å². The lowest BCUT2D eigenvalue weighted by atomic mass is 9.80. The van der Waals surface area contributed by atoms with Crippen molar-refractivity contribution in [3.63, 3.8) is 0 Å². The van der Waals surface area contributed by atoms with Crippen LogP contribution in [0.4, 0.5) is 13.2 Å². The van der Waals surface area contributed by atoms with Crippen molar-refractivity contribution in [2.24, 2.45) is 0 Å². The standard InChI is InChI=1S/C13H13F3O/c14-13(15,16)10-3-1-9(2-4-10)12-6-5-11(7-12)17-8-12/h1-4,11H,5-8H2. The minimum absolute atomic E-state index is 0.0191. The quantitative estimate of drug-likeness (QED) is 0.732. The normalized spacial score (nSPS) is 32.1. The van der Waals surface area contributed by atoms with Crippen LogP contribution in [0.3, 0.4) is 0 Å². The molecule has 0 spiro atoms. The van der Waals surface area contributed by atoms with Crippen LogP contribution in [0.5, 0.6) is 0 Å². The Morgan fingerprint density at radius 2 is 1.88 bits per heavy atom. The zero-order chi connectivity index (χ0) is 12.1. The largest absolute Gasteiger partial charge is 0.416 e. The van der Waals surface area contributed by atoms with Gasteiger partial charge in [0, 0.05) is 5.41 Å². The number of alkyl halides is 3. The van der Waals surface area contributed by atoms with Gasteiger partial charge in [0.2, 0.25) is 0 Å². The summed E-state index contributed by atoms with van der Waals surface area (Å²) in [5, 5.41) is 0. The third-order valence-corrected chi connectivity index (χ3v) is 3.98. The predicted octanol–water partition coefficient (Wildman–Crippen LogP) is 3.53. The van der Waals surface area contributed by atoms with E-state index in [4.69, 9.17) is 4.74 Å². The number of rotatable bonds is 1. The summed E-state index contributed by atoms with van der Waals surface area (Å²) in [5.41, 5.74) is 0.394. The molecule has 2 fully saturated rings. The van der Waals surface area contributed by atoms with Gasteiger partial charge in [-0.1, -0.05) is 12.1 Å². The first-order chi connectivity index (χ1) is 8.00. The van der Waals surface area contributed by atoms with Crippen LogP contribution in [0.2, 0.25) is 0 Å². The van der Waals surface area contributed by atoms with Crippen molar-refractivity contribution in [1.82, 2.24) is 0 Å². The highest BCUT2D eigenvalue weighted by atomic mass is 19.4. The van der Waals surface area contributed by atoms with E-state index in [9.17, 15) is 13.2 Å². The summed E-state index contributed by atoms with van der Waals surface area (Å²) >= 11 is 0. The van der Waals surface area contributed by atoms with Crippen molar-refractivity contribution < 1.29 is 17.9 Å². The molecule has 17 heavy (non-hydrogen) atoms. The summed E-state index contributed by atoms with van der Waals surface area (Å²) < 4.78 is 43.0. The van der Waals surface area contributed by atoms with E-state index >= 15 is 0 Å². The zero-order valence-electron chi connectivity index (χ0n) is 9.26. The first-order valence-corrected chi connectivity index (χ1v) is 5.79. The molecule has 1 aromatic rings. The van der Waals surface area contributed by atoms with Gasteiger partial charge in [-0.15, -0.1) is 0 Å². The van der Waals surface area contributed by atoms with Gasteiger partial charge in [-0.2, -0.15) is 13.2 Å². The lowest BCUT2D eigenvalue weighted by Gasteiger charge is -2.26. The van der Waals surface area contributed by atoms with Gasteiger partial charge in [0.15, 0.2) is 0 Å². The molecule has 2 atom stereocenters. The average Bonchev–Trinajstić information content (AvgIpc) is 2.89.